The third kappa shape index (κ3) is 4.83. The molecule has 0 aliphatic carbocycles. The molecular formula is C21H32N2O2. The van der Waals surface area contributed by atoms with Crippen molar-refractivity contribution in [1.29, 1.82) is 0 Å². The molecule has 1 N–H and O–H groups in total. The second-order valence-corrected chi connectivity index (χ2v) is 7.61. The van der Waals surface area contributed by atoms with E-state index in [0.717, 1.165) is 37.8 Å². The minimum absolute atomic E-state index is 0.0510. The van der Waals surface area contributed by atoms with Crippen molar-refractivity contribution < 1.29 is 9.59 Å². The number of hydrogen-bond donors (Lipinski definition) is 1. The minimum Gasteiger partial charge on any atom is -0.351 e. The van der Waals surface area contributed by atoms with Crippen LogP contribution in [0.3, 0.4) is 0 Å². The molecule has 1 aliphatic rings. The normalized spacial score (nSPS) is 20.6. The fourth-order valence-corrected chi connectivity index (χ4v) is 3.61. The fourth-order valence-electron chi connectivity index (χ4n) is 3.61. The summed E-state index contributed by atoms with van der Waals surface area (Å²) >= 11 is 0. The number of hydrogen-bond acceptors (Lipinski definition) is 2. The Labute approximate surface area is 152 Å². The minimum atomic E-state index is -0.495. The van der Waals surface area contributed by atoms with E-state index in [2.05, 4.69) is 38.2 Å². The molecule has 0 bridgehead atoms. The van der Waals surface area contributed by atoms with Gasteiger partial charge in [0.1, 0.15) is 0 Å². The molecule has 1 fully saturated rings. The number of aryl methyl sites for hydroxylation is 1. The molecule has 2 amide bonds. The van der Waals surface area contributed by atoms with E-state index in [-0.39, 0.29) is 17.7 Å². The lowest BCUT2D eigenvalue weighted by Crippen LogP contribution is -2.52. The molecule has 1 aromatic carbocycles. The van der Waals surface area contributed by atoms with Gasteiger partial charge < -0.3 is 10.2 Å². The number of likely N-dealkylation sites (tertiary alicyclic amines) is 1. The summed E-state index contributed by atoms with van der Waals surface area (Å²) in [4.78, 5) is 27.4. The number of nitrogens with zero attached hydrogens (tertiary/aromatic N) is 1. The van der Waals surface area contributed by atoms with Gasteiger partial charge in [0.2, 0.25) is 11.8 Å². The van der Waals surface area contributed by atoms with Gasteiger partial charge in [0.15, 0.2) is 0 Å². The van der Waals surface area contributed by atoms with Crippen molar-refractivity contribution in [2.45, 2.75) is 59.9 Å². The molecule has 1 atom stereocenters. The Hall–Kier alpha value is -1.84. The lowest BCUT2D eigenvalue weighted by Gasteiger charge is -2.40. The van der Waals surface area contributed by atoms with Crippen LogP contribution in [0, 0.1) is 18.3 Å². The Balaban J connectivity index is 1.97. The molecule has 0 spiro atoms. The highest BCUT2D eigenvalue weighted by Gasteiger charge is 2.40. The number of benzene rings is 1. The van der Waals surface area contributed by atoms with Crippen LogP contribution in [-0.4, -0.2) is 29.8 Å². The summed E-state index contributed by atoms with van der Waals surface area (Å²) < 4.78 is 0. The van der Waals surface area contributed by atoms with Crippen molar-refractivity contribution in [2.75, 3.05) is 13.1 Å². The predicted octanol–water partition coefficient (Wildman–Crippen LogP) is 3.68. The quantitative estimate of drug-likeness (QED) is 0.856. The van der Waals surface area contributed by atoms with Gasteiger partial charge in [-0.2, -0.15) is 0 Å². The first-order valence-electron chi connectivity index (χ1n) is 9.52. The largest absolute Gasteiger partial charge is 0.351 e. The van der Waals surface area contributed by atoms with E-state index in [4.69, 9.17) is 0 Å². The maximum absolute atomic E-state index is 12.8. The molecule has 0 saturated carbocycles. The summed E-state index contributed by atoms with van der Waals surface area (Å²) in [6.07, 6.45) is 3.45. The first kappa shape index (κ1) is 19.5. The molecule has 138 valence electrons. The lowest BCUT2D eigenvalue weighted by molar-refractivity contribution is -0.143. The summed E-state index contributed by atoms with van der Waals surface area (Å²) in [5.41, 5.74) is 1.82. The second kappa shape index (κ2) is 8.50. The smallest absolute Gasteiger partial charge is 0.227 e. The summed E-state index contributed by atoms with van der Waals surface area (Å²) in [6.45, 7) is 10.0. The zero-order valence-electron chi connectivity index (χ0n) is 16.1. The summed E-state index contributed by atoms with van der Waals surface area (Å²) in [5, 5.41) is 3.07. The molecule has 0 unspecified atom stereocenters. The summed E-state index contributed by atoms with van der Waals surface area (Å²) in [6, 6.07) is 8.20. The average Bonchev–Trinajstić information content (AvgIpc) is 2.62. The number of amides is 2. The Bertz CT molecular complexity index is 592. The molecule has 4 heteroatoms. The van der Waals surface area contributed by atoms with Crippen LogP contribution in [0.4, 0.5) is 0 Å². The van der Waals surface area contributed by atoms with E-state index in [0.29, 0.717) is 13.1 Å². The van der Waals surface area contributed by atoms with E-state index in [9.17, 15) is 9.59 Å². The van der Waals surface area contributed by atoms with E-state index in [1.54, 1.807) is 0 Å². The van der Waals surface area contributed by atoms with Gasteiger partial charge in [-0.15, -0.1) is 0 Å². The molecule has 1 aliphatic heterocycles. The van der Waals surface area contributed by atoms with Gasteiger partial charge in [-0.3, -0.25) is 9.59 Å². The van der Waals surface area contributed by atoms with Crippen LogP contribution in [0.2, 0.25) is 0 Å². The van der Waals surface area contributed by atoms with Gasteiger partial charge in [0.25, 0.3) is 0 Å². The predicted molar refractivity (Wildman–Crippen MR) is 101 cm³/mol. The van der Waals surface area contributed by atoms with Crippen LogP contribution in [0.25, 0.3) is 0 Å². The topological polar surface area (TPSA) is 49.4 Å². The number of carbonyl (C=O) groups is 2. The van der Waals surface area contributed by atoms with Crippen molar-refractivity contribution >= 4 is 11.8 Å². The second-order valence-electron chi connectivity index (χ2n) is 7.61. The Kier molecular flexibility index (Phi) is 6.63. The molecule has 1 aromatic rings. The molecule has 2 rings (SSSR count). The molecule has 1 saturated heterocycles. The monoisotopic (exact) mass is 344 g/mol. The van der Waals surface area contributed by atoms with Gasteiger partial charge >= 0.3 is 0 Å². The zero-order valence-corrected chi connectivity index (χ0v) is 16.1. The first-order valence-corrected chi connectivity index (χ1v) is 9.52. The van der Waals surface area contributed by atoms with Crippen molar-refractivity contribution in [3.05, 3.63) is 35.4 Å². The van der Waals surface area contributed by atoms with Gasteiger partial charge in [0.05, 0.1) is 5.41 Å². The van der Waals surface area contributed by atoms with E-state index in [1.165, 1.54) is 5.56 Å². The van der Waals surface area contributed by atoms with E-state index < -0.39 is 5.41 Å². The standard InChI is InChI=1S/C21H32N2O2/c1-5-18(6-2)19(24)23-13-7-12-21(4,15-23)20(25)22-14-17-10-8-16(3)9-11-17/h8-11,18H,5-7,12-15H2,1-4H3,(H,22,25)/t21-/m1/s1. The summed E-state index contributed by atoms with van der Waals surface area (Å²) in [7, 11) is 0. The number of piperidine rings is 1. The maximum atomic E-state index is 12.8. The van der Waals surface area contributed by atoms with Crippen LogP contribution in [0.1, 0.15) is 57.6 Å². The molecule has 0 aromatic heterocycles. The van der Waals surface area contributed by atoms with Crippen LogP contribution in [0.15, 0.2) is 24.3 Å². The Morgan fingerprint density at radius 1 is 1.20 bits per heavy atom. The maximum Gasteiger partial charge on any atom is 0.227 e. The van der Waals surface area contributed by atoms with E-state index in [1.807, 2.05) is 24.0 Å². The fraction of sp³-hybridized carbons (Fsp3) is 0.619. The van der Waals surface area contributed by atoms with Gasteiger partial charge in [-0.1, -0.05) is 43.7 Å². The van der Waals surface area contributed by atoms with Crippen LogP contribution >= 0.6 is 0 Å². The highest BCUT2D eigenvalue weighted by Crippen LogP contribution is 2.31. The zero-order chi connectivity index (χ0) is 18.4. The Morgan fingerprint density at radius 2 is 1.84 bits per heavy atom. The molecular weight excluding hydrogens is 312 g/mol. The van der Waals surface area contributed by atoms with Crippen molar-refractivity contribution in [2.24, 2.45) is 11.3 Å². The van der Waals surface area contributed by atoms with E-state index >= 15 is 0 Å². The third-order valence-electron chi connectivity index (χ3n) is 5.46. The van der Waals surface area contributed by atoms with Crippen molar-refractivity contribution in [3.8, 4) is 0 Å². The van der Waals surface area contributed by atoms with Gasteiger partial charge in [-0.25, -0.2) is 0 Å². The molecule has 0 radical (unpaired) electrons. The highest BCUT2D eigenvalue weighted by atomic mass is 16.2. The van der Waals surface area contributed by atoms with Crippen LogP contribution in [-0.2, 0) is 16.1 Å². The van der Waals surface area contributed by atoms with Crippen molar-refractivity contribution in [1.82, 2.24) is 10.2 Å². The highest BCUT2D eigenvalue weighted by molar-refractivity contribution is 5.84. The summed E-state index contributed by atoms with van der Waals surface area (Å²) in [5.74, 6) is 0.343. The number of carbonyl (C=O) groups excluding carboxylic acids is 2. The molecule has 1 heterocycles. The van der Waals surface area contributed by atoms with Gasteiger partial charge in [0, 0.05) is 25.6 Å². The first-order chi connectivity index (χ1) is 11.9. The van der Waals surface area contributed by atoms with Crippen LogP contribution in [0.5, 0.6) is 0 Å². The van der Waals surface area contributed by atoms with Gasteiger partial charge in [-0.05, 0) is 45.1 Å². The van der Waals surface area contributed by atoms with Crippen molar-refractivity contribution in [3.63, 3.8) is 0 Å². The number of nitrogens with one attached hydrogen (secondary N) is 1. The third-order valence-corrected chi connectivity index (χ3v) is 5.46. The average molecular weight is 344 g/mol. The lowest BCUT2D eigenvalue weighted by atomic mass is 9.80. The Morgan fingerprint density at radius 3 is 2.44 bits per heavy atom. The molecule has 4 nitrogen and oxygen atoms in total. The molecule has 25 heavy (non-hydrogen) atoms. The number of rotatable bonds is 6. The van der Waals surface area contributed by atoms with Crippen LogP contribution < -0.4 is 5.32 Å². The SMILES string of the molecule is CCC(CC)C(=O)N1CCC[C@@](C)(C(=O)NCc2ccc(C)cc2)C1.